The molecule has 2 saturated heterocycles. The van der Waals surface area contributed by atoms with Crippen LogP contribution in [0.5, 0.6) is 0 Å². The Kier molecular flexibility index (Phi) is 12.5. The highest BCUT2D eigenvalue weighted by atomic mass is 19.4. The van der Waals surface area contributed by atoms with Crippen molar-refractivity contribution in [1.29, 1.82) is 0 Å². The Labute approximate surface area is 314 Å². The van der Waals surface area contributed by atoms with Crippen LogP contribution in [0, 0.1) is 22.7 Å². The van der Waals surface area contributed by atoms with Crippen LogP contribution in [0.15, 0.2) is 48.5 Å². The zero-order valence-electron chi connectivity index (χ0n) is 32.5. The lowest BCUT2D eigenvalue weighted by Gasteiger charge is -2.48. The van der Waals surface area contributed by atoms with Crippen molar-refractivity contribution in [3.8, 4) is 0 Å². The molecule has 0 radical (unpaired) electrons. The number of ether oxygens (including phenoxy) is 2. The van der Waals surface area contributed by atoms with E-state index in [1.807, 2.05) is 13.8 Å². The first-order valence-electron chi connectivity index (χ1n) is 18.5. The monoisotopic (exact) mass is 768 g/mol. The van der Waals surface area contributed by atoms with E-state index in [4.69, 9.17) is 9.47 Å². The normalized spacial score (nSPS) is 19.1. The molecule has 7 nitrogen and oxygen atoms in total. The molecule has 0 N–H and O–H groups in total. The van der Waals surface area contributed by atoms with Crippen molar-refractivity contribution >= 4 is 18.0 Å². The minimum absolute atomic E-state index is 0.0847. The van der Waals surface area contributed by atoms with Gasteiger partial charge in [0.1, 0.15) is 17.0 Å². The van der Waals surface area contributed by atoms with Crippen molar-refractivity contribution in [3.63, 3.8) is 0 Å². The number of amides is 2. The first-order chi connectivity index (χ1) is 24.7. The van der Waals surface area contributed by atoms with Gasteiger partial charge in [-0.15, -0.1) is 0 Å². The molecule has 2 unspecified atom stereocenters. The molecule has 54 heavy (non-hydrogen) atoms. The van der Waals surface area contributed by atoms with Crippen molar-refractivity contribution in [2.75, 3.05) is 26.2 Å². The molecule has 2 aromatic carbocycles. The standard InChI is InChI=1S/C41H54F6N2O5/c1-36(2,3)53-34(51)48-21-17-38(7,18-22-48)31(25-27-13-9-11-15-29(27)40(42,43)44)33(50)32(26-28-14-10-12-16-30(28)41(45,46)47)39(8)19-23-49(24-20-39)35(52)54-37(4,5)6/h9-16,31-32H,17-26H2,1-8H3. The van der Waals surface area contributed by atoms with Gasteiger partial charge in [-0.3, -0.25) is 4.79 Å². The van der Waals surface area contributed by atoms with Crippen LogP contribution >= 0.6 is 0 Å². The average Bonchev–Trinajstić information content (AvgIpc) is 3.04. The Bertz CT molecular complexity index is 1520. The third-order valence-corrected chi connectivity index (χ3v) is 11.0. The second kappa shape index (κ2) is 15.8. The first-order valence-corrected chi connectivity index (χ1v) is 18.5. The highest BCUT2D eigenvalue weighted by molar-refractivity contribution is 5.86. The molecule has 4 rings (SSSR count). The van der Waals surface area contributed by atoms with Crippen LogP contribution in [0.1, 0.15) is 103 Å². The number of piperidine rings is 2. The number of nitrogens with zero attached hydrogens (tertiary/aromatic N) is 2. The van der Waals surface area contributed by atoms with Crippen LogP contribution in [0.2, 0.25) is 0 Å². The number of halogens is 6. The molecule has 2 aromatic rings. The molecule has 0 spiro atoms. The SMILES string of the molecule is CC(C)(C)OC(=O)N1CCC(C)(C(Cc2ccccc2C(F)(F)F)C(=O)C(Cc2ccccc2C(F)(F)F)C2(C)CCN(C(=O)OC(C)(C)C)CC2)CC1. The summed E-state index contributed by atoms with van der Waals surface area (Å²) in [4.78, 5) is 44.4. The molecular formula is C41H54F6N2O5. The molecule has 2 heterocycles. The molecule has 13 heteroatoms. The summed E-state index contributed by atoms with van der Waals surface area (Å²) in [6.45, 7) is 14.8. The van der Waals surface area contributed by atoms with Crippen LogP contribution in [-0.4, -0.2) is 65.2 Å². The minimum atomic E-state index is -4.71. The first kappa shape index (κ1) is 43.0. The summed E-state index contributed by atoms with van der Waals surface area (Å²) in [5.41, 5.74) is -5.30. The second-order valence-electron chi connectivity index (χ2n) is 17.5. The lowest BCUT2D eigenvalue weighted by molar-refractivity contribution is -0.142. The number of hydrogen-bond acceptors (Lipinski definition) is 5. The van der Waals surface area contributed by atoms with Crippen LogP contribution in [0.25, 0.3) is 0 Å². The molecule has 0 aromatic heterocycles. The molecule has 2 aliphatic heterocycles. The predicted molar refractivity (Wildman–Crippen MR) is 193 cm³/mol. The summed E-state index contributed by atoms with van der Waals surface area (Å²) in [6.07, 6.45) is -10.1. The zero-order valence-corrected chi connectivity index (χ0v) is 32.5. The van der Waals surface area contributed by atoms with E-state index < -0.39 is 75.3 Å². The summed E-state index contributed by atoms with van der Waals surface area (Å²) >= 11 is 0. The fourth-order valence-corrected chi connectivity index (χ4v) is 7.76. The van der Waals surface area contributed by atoms with Gasteiger partial charge in [0, 0.05) is 38.0 Å². The van der Waals surface area contributed by atoms with Crippen molar-refractivity contribution in [1.82, 2.24) is 9.80 Å². The fourth-order valence-electron chi connectivity index (χ4n) is 7.76. The summed E-state index contributed by atoms with van der Waals surface area (Å²) < 4.78 is 97.4. The Morgan fingerprint density at radius 1 is 0.593 bits per heavy atom. The number of ketones is 1. The lowest BCUT2D eigenvalue weighted by atomic mass is 9.58. The summed E-state index contributed by atoms with van der Waals surface area (Å²) in [5.74, 6) is -2.53. The van der Waals surface area contributed by atoms with Gasteiger partial charge >= 0.3 is 24.5 Å². The number of benzene rings is 2. The molecule has 2 amide bonds. The van der Waals surface area contributed by atoms with Gasteiger partial charge in [-0.25, -0.2) is 9.59 Å². The zero-order chi connectivity index (χ0) is 40.5. The number of Topliss-reactive ketones (excluding diaryl/α,β-unsaturated/α-hetero) is 1. The maximum atomic E-state index is 15.4. The summed E-state index contributed by atoms with van der Waals surface area (Å²) in [7, 11) is 0. The van der Waals surface area contributed by atoms with Crippen molar-refractivity contribution in [2.45, 2.75) is 117 Å². The Hall–Kier alpha value is -3.77. The predicted octanol–water partition coefficient (Wildman–Crippen LogP) is 10.4. The topological polar surface area (TPSA) is 76.2 Å². The fraction of sp³-hybridized carbons (Fsp3) is 0.634. The maximum Gasteiger partial charge on any atom is 0.416 e. The summed E-state index contributed by atoms with van der Waals surface area (Å²) in [6, 6.07) is 10.1. The number of likely N-dealkylation sites (tertiary alicyclic amines) is 2. The highest BCUT2D eigenvalue weighted by Crippen LogP contribution is 2.49. The van der Waals surface area contributed by atoms with Crippen molar-refractivity contribution < 1.29 is 50.2 Å². The Morgan fingerprint density at radius 2 is 0.889 bits per heavy atom. The van der Waals surface area contributed by atoms with Gasteiger partial charge < -0.3 is 19.3 Å². The van der Waals surface area contributed by atoms with Crippen molar-refractivity contribution in [3.05, 3.63) is 70.8 Å². The van der Waals surface area contributed by atoms with Crippen molar-refractivity contribution in [2.24, 2.45) is 22.7 Å². The van der Waals surface area contributed by atoms with Crippen LogP contribution in [0.4, 0.5) is 35.9 Å². The van der Waals surface area contributed by atoms with Gasteiger partial charge in [-0.2, -0.15) is 26.3 Å². The van der Waals surface area contributed by atoms with Gasteiger partial charge in [0.2, 0.25) is 0 Å². The van der Waals surface area contributed by atoms with E-state index in [2.05, 4.69) is 0 Å². The van der Waals surface area contributed by atoms with Crippen LogP contribution < -0.4 is 0 Å². The van der Waals surface area contributed by atoms with Gasteiger partial charge in [0.15, 0.2) is 0 Å². The lowest BCUT2D eigenvalue weighted by Crippen LogP contribution is -2.53. The van der Waals surface area contributed by atoms with Crippen LogP contribution in [-0.2, 0) is 39.5 Å². The number of alkyl halides is 6. The van der Waals surface area contributed by atoms with E-state index in [1.165, 1.54) is 46.2 Å². The van der Waals surface area contributed by atoms with Gasteiger partial charge in [-0.05, 0) is 114 Å². The van der Waals surface area contributed by atoms with E-state index in [9.17, 15) is 35.9 Å². The molecule has 300 valence electrons. The Morgan fingerprint density at radius 3 is 1.17 bits per heavy atom. The average molecular weight is 769 g/mol. The number of carbonyl (C=O) groups is 3. The molecule has 0 bridgehead atoms. The number of rotatable bonds is 8. The summed E-state index contributed by atoms with van der Waals surface area (Å²) in [5, 5.41) is 0. The van der Waals surface area contributed by atoms with E-state index in [1.54, 1.807) is 41.5 Å². The van der Waals surface area contributed by atoms with E-state index >= 15 is 4.79 Å². The maximum absolute atomic E-state index is 15.4. The molecule has 2 aliphatic rings. The van der Waals surface area contributed by atoms with E-state index in [0.717, 1.165) is 12.1 Å². The highest BCUT2D eigenvalue weighted by Gasteiger charge is 2.51. The molecule has 2 fully saturated rings. The van der Waals surface area contributed by atoms with E-state index in [0.29, 0.717) is 0 Å². The molecule has 2 atom stereocenters. The van der Waals surface area contributed by atoms with Gasteiger partial charge in [-0.1, -0.05) is 50.2 Å². The largest absolute Gasteiger partial charge is 0.444 e. The van der Waals surface area contributed by atoms with Gasteiger partial charge in [0.25, 0.3) is 0 Å². The molecule has 0 aliphatic carbocycles. The quantitative estimate of drug-likeness (QED) is 0.250. The Balaban J connectivity index is 1.79. The third kappa shape index (κ3) is 10.7. The smallest absolute Gasteiger partial charge is 0.416 e. The van der Waals surface area contributed by atoms with E-state index in [-0.39, 0.29) is 75.8 Å². The van der Waals surface area contributed by atoms with Gasteiger partial charge in [0.05, 0.1) is 11.1 Å². The molecular weight excluding hydrogens is 714 g/mol. The second-order valence-corrected chi connectivity index (χ2v) is 17.5. The van der Waals surface area contributed by atoms with Crippen LogP contribution in [0.3, 0.4) is 0 Å². The third-order valence-electron chi connectivity index (χ3n) is 11.0. The minimum Gasteiger partial charge on any atom is -0.444 e. The number of carbonyl (C=O) groups excluding carboxylic acids is 3. The molecule has 0 saturated carbocycles. The number of hydrogen-bond donors (Lipinski definition) is 0.